The third-order valence-electron chi connectivity index (χ3n) is 3.38. The molecule has 0 bridgehead atoms. The number of carbonyl (C=O) groups is 2. The summed E-state index contributed by atoms with van der Waals surface area (Å²) in [5.74, 6) is -4.02. The molecule has 3 aromatic rings. The molecule has 2 aromatic heterocycles. The smallest absolute Gasteiger partial charge is 0.275 e. The first-order valence-corrected chi connectivity index (χ1v) is 8.30. The summed E-state index contributed by atoms with van der Waals surface area (Å²) in [7, 11) is 0. The van der Waals surface area contributed by atoms with E-state index in [2.05, 4.69) is 25.6 Å². The number of carbonyl (C=O) groups excluding carboxylic acids is 2. The molecule has 0 atom stereocenters. The molecule has 0 saturated carbocycles. The molecule has 0 fully saturated rings. The van der Waals surface area contributed by atoms with Gasteiger partial charge in [0.15, 0.2) is 11.6 Å². The number of nitrogens with zero attached hydrogens (tertiary/aromatic N) is 3. The zero-order valence-corrected chi connectivity index (χ0v) is 15.2. The highest BCUT2D eigenvalue weighted by Crippen LogP contribution is 2.22. The van der Waals surface area contributed by atoms with Crippen molar-refractivity contribution in [2.24, 2.45) is 0 Å². The molecule has 0 unspecified atom stereocenters. The topological polar surface area (TPSA) is 96.9 Å². The number of hydrogen-bond donors (Lipinski definition) is 2. The van der Waals surface area contributed by atoms with Gasteiger partial charge in [0.25, 0.3) is 11.8 Å². The van der Waals surface area contributed by atoms with Crippen molar-refractivity contribution in [3.05, 3.63) is 75.9 Å². The number of anilines is 2. The van der Waals surface area contributed by atoms with Crippen LogP contribution in [0.25, 0.3) is 0 Å². The third kappa shape index (κ3) is 4.56. The van der Waals surface area contributed by atoms with Crippen molar-refractivity contribution >= 4 is 46.5 Å². The lowest BCUT2D eigenvalue weighted by molar-refractivity contribution is 0.102. The van der Waals surface area contributed by atoms with E-state index in [1.165, 1.54) is 18.3 Å². The van der Waals surface area contributed by atoms with Gasteiger partial charge in [0.05, 0.1) is 28.7 Å². The summed E-state index contributed by atoms with van der Waals surface area (Å²) in [6, 6.07) is 4.24. The van der Waals surface area contributed by atoms with Crippen LogP contribution in [0.5, 0.6) is 0 Å². The van der Waals surface area contributed by atoms with Gasteiger partial charge in [-0.15, -0.1) is 0 Å². The molecule has 0 aliphatic rings. The maximum atomic E-state index is 13.7. The van der Waals surface area contributed by atoms with Gasteiger partial charge < -0.3 is 10.6 Å². The highest BCUT2D eigenvalue weighted by atomic mass is 35.5. The lowest BCUT2D eigenvalue weighted by Crippen LogP contribution is -2.20. The fraction of sp³-hybridized carbons (Fsp3) is 0. The first-order chi connectivity index (χ1) is 13.3. The van der Waals surface area contributed by atoms with Gasteiger partial charge in [-0.1, -0.05) is 23.2 Å². The van der Waals surface area contributed by atoms with Crippen molar-refractivity contribution in [3.63, 3.8) is 0 Å². The summed E-state index contributed by atoms with van der Waals surface area (Å²) in [6.45, 7) is 0. The van der Waals surface area contributed by atoms with Gasteiger partial charge in [0, 0.05) is 12.3 Å². The lowest BCUT2D eigenvalue weighted by Gasteiger charge is -2.12. The van der Waals surface area contributed by atoms with E-state index >= 15 is 0 Å². The quantitative estimate of drug-likeness (QED) is 0.661. The predicted molar refractivity (Wildman–Crippen MR) is 98.6 cm³/mol. The van der Waals surface area contributed by atoms with Crippen LogP contribution in [0, 0.1) is 11.6 Å². The summed E-state index contributed by atoms with van der Waals surface area (Å²) >= 11 is 11.3. The maximum absolute atomic E-state index is 13.7. The first kappa shape index (κ1) is 19.6. The monoisotopic (exact) mass is 423 g/mol. The minimum absolute atomic E-state index is 0.0694. The fourth-order valence-corrected chi connectivity index (χ4v) is 2.30. The highest BCUT2D eigenvalue weighted by Gasteiger charge is 2.19. The molecular formula is C17H9Cl2F2N5O2. The molecule has 142 valence electrons. The first-order valence-electron chi connectivity index (χ1n) is 7.54. The summed E-state index contributed by atoms with van der Waals surface area (Å²) in [5.41, 5.74) is -0.738. The molecule has 0 spiro atoms. The van der Waals surface area contributed by atoms with Crippen LogP contribution in [0.1, 0.15) is 20.8 Å². The number of nitrogens with one attached hydrogen (secondary N) is 2. The van der Waals surface area contributed by atoms with Crippen LogP contribution in [0.15, 0.2) is 42.9 Å². The largest absolute Gasteiger partial charge is 0.320 e. The Bertz CT molecular complexity index is 1050. The summed E-state index contributed by atoms with van der Waals surface area (Å²) < 4.78 is 27.3. The van der Waals surface area contributed by atoms with Crippen molar-refractivity contribution in [1.29, 1.82) is 0 Å². The van der Waals surface area contributed by atoms with Crippen LogP contribution in [0.3, 0.4) is 0 Å². The van der Waals surface area contributed by atoms with Crippen LogP contribution in [0.4, 0.5) is 20.3 Å². The van der Waals surface area contributed by atoms with Crippen molar-refractivity contribution in [2.45, 2.75) is 0 Å². The maximum Gasteiger partial charge on any atom is 0.275 e. The molecule has 3 rings (SSSR count). The van der Waals surface area contributed by atoms with Gasteiger partial charge in [-0.3, -0.25) is 9.59 Å². The molecule has 0 saturated heterocycles. The van der Waals surface area contributed by atoms with Crippen molar-refractivity contribution in [1.82, 2.24) is 15.0 Å². The van der Waals surface area contributed by atoms with Gasteiger partial charge in [-0.25, -0.2) is 23.7 Å². The number of pyridine rings is 1. The second-order valence-electron chi connectivity index (χ2n) is 5.31. The van der Waals surface area contributed by atoms with E-state index in [0.29, 0.717) is 17.2 Å². The minimum Gasteiger partial charge on any atom is -0.320 e. The third-order valence-corrected chi connectivity index (χ3v) is 3.79. The molecule has 7 nitrogen and oxygen atoms in total. The van der Waals surface area contributed by atoms with E-state index in [1.807, 2.05) is 0 Å². The fourth-order valence-electron chi connectivity index (χ4n) is 2.09. The van der Waals surface area contributed by atoms with Gasteiger partial charge in [-0.05, 0) is 18.2 Å². The molecule has 1 aromatic carbocycles. The van der Waals surface area contributed by atoms with E-state index in [9.17, 15) is 18.4 Å². The normalized spacial score (nSPS) is 10.4. The summed E-state index contributed by atoms with van der Waals surface area (Å²) in [4.78, 5) is 36.1. The van der Waals surface area contributed by atoms with E-state index in [-0.39, 0.29) is 27.9 Å². The summed E-state index contributed by atoms with van der Waals surface area (Å²) in [5, 5.41) is 5.11. The average Bonchev–Trinajstić information content (AvgIpc) is 2.66. The van der Waals surface area contributed by atoms with E-state index in [1.54, 1.807) is 0 Å². The number of hydrogen-bond acceptors (Lipinski definition) is 5. The number of aromatic nitrogens is 3. The Morgan fingerprint density at radius 3 is 2.25 bits per heavy atom. The van der Waals surface area contributed by atoms with Crippen LogP contribution < -0.4 is 10.6 Å². The number of rotatable bonds is 4. The average molecular weight is 424 g/mol. The van der Waals surface area contributed by atoms with Crippen LogP contribution in [-0.4, -0.2) is 26.8 Å². The standard InChI is InChI=1S/C17H9Cl2F2N5O2/c18-8-1-2-15(24-5-8)26-16(27)9-3-10(20)11(21)4-12(9)25-17(28)13-6-23-14(19)7-22-13/h1-7H,(H,25,28)(H,24,26,27). The Hall–Kier alpha value is -3.17. The Labute approximate surface area is 166 Å². The SMILES string of the molecule is O=C(Nc1cc(F)c(F)cc1C(=O)Nc1ccc(Cl)cn1)c1cnc(Cl)cn1. The van der Waals surface area contributed by atoms with E-state index < -0.39 is 23.4 Å². The Kier molecular flexibility index (Phi) is 5.76. The Morgan fingerprint density at radius 2 is 1.61 bits per heavy atom. The van der Waals surface area contributed by atoms with E-state index in [0.717, 1.165) is 12.4 Å². The predicted octanol–water partition coefficient (Wildman–Crippen LogP) is 3.96. The Balaban J connectivity index is 1.89. The lowest BCUT2D eigenvalue weighted by atomic mass is 10.1. The zero-order valence-electron chi connectivity index (χ0n) is 13.7. The second kappa shape index (κ2) is 8.24. The molecule has 2 N–H and O–H groups in total. The zero-order chi connectivity index (χ0) is 20.3. The van der Waals surface area contributed by atoms with E-state index in [4.69, 9.17) is 23.2 Å². The molecular weight excluding hydrogens is 415 g/mol. The molecule has 28 heavy (non-hydrogen) atoms. The molecule has 11 heteroatoms. The van der Waals surface area contributed by atoms with Crippen molar-refractivity contribution in [3.8, 4) is 0 Å². The highest BCUT2D eigenvalue weighted by molar-refractivity contribution is 6.30. The molecule has 2 amide bonds. The van der Waals surface area contributed by atoms with Gasteiger partial charge in [0.1, 0.15) is 16.7 Å². The van der Waals surface area contributed by atoms with Crippen molar-refractivity contribution < 1.29 is 18.4 Å². The molecule has 2 heterocycles. The van der Waals surface area contributed by atoms with Crippen LogP contribution in [0.2, 0.25) is 10.2 Å². The van der Waals surface area contributed by atoms with Gasteiger partial charge in [-0.2, -0.15) is 0 Å². The molecule has 0 aliphatic heterocycles. The number of amides is 2. The van der Waals surface area contributed by atoms with Crippen molar-refractivity contribution in [2.75, 3.05) is 10.6 Å². The number of halogens is 4. The minimum atomic E-state index is -1.27. The van der Waals surface area contributed by atoms with Crippen LogP contribution >= 0.6 is 23.2 Å². The Morgan fingerprint density at radius 1 is 0.857 bits per heavy atom. The number of benzene rings is 1. The summed E-state index contributed by atoms with van der Waals surface area (Å²) in [6.07, 6.45) is 3.53. The van der Waals surface area contributed by atoms with Gasteiger partial charge >= 0.3 is 0 Å². The van der Waals surface area contributed by atoms with Gasteiger partial charge in [0.2, 0.25) is 0 Å². The molecule has 0 aliphatic carbocycles. The van der Waals surface area contributed by atoms with Crippen LogP contribution in [-0.2, 0) is 0 Å². The second-order valence-corrected chi connectivity index (χ2v) is 6.13. The molecule has 0 radical (unpaired) electrons.